The third kappa shape index (κ3) is 3.98. The molecule has 0 aliphatic carbocycles. The molecule has 8 heteroatoms. The zero-order chi connectivity index (χ0) is 17.0. The average molecular weight is 381 g/mol. The van der Waals surface area contributed by atoms with Gasteiger partial charge in [0.25, 0.3) is 5.69 Å². The van der Waals surface area contributed by atoms with Crippen molar-refractivity contribution >= 4 is 39.0 Å². The molecular weight excluding hydrogens is 371 g/mol. The summed E-state index contributed by atoms with van der Waals surface area (Å²) in [6, 6.07) is 8.44. The topological polar surface area (TPSA) is 89.3 Å². The number of halogens is 2. The first-order valence-corrected chi connectivity index (χ1v) is 7.49. The van der Waals surface area contributed by atoms with E-state index in [0.717, 1.165) is 18.2 Å². The van der Waals surface area contributed by atoms with Crippen molar-refractivity contribution in [3.05, 3.63) is 69.5 Å². The van der Waals surface area contributed by atoms with Crippen molar-refractivity contribution in [2.75, 3.05) is 10.6 Å². The number of carbonyl (C=O) groups is 2. The van der Waals surface area contributed by atoms with Gasteiger partial charge in [0.1, 0.15) is 5.82 Å². The van der Waals surface area contributed by atoms with E-state index in [0.29, 0.717) is 0 Å². The maximum atomic E-state index is 13.5. The summed E-state index contributed by atoms with van der Waals surface area (Å²) >= 11 is 2.97. The summed E-state index contributed by atoms with van der Waals surface area (Å²) in [5.74, 6) is -1.70. The molecule has 1 amide bonds. The van der Waals surface area contributed by atoms with E-state index in [2.05, 4.69) is 21.2 Å². The van der Waals surface area contributed by atoms with Crippen LogP contribution in [0.2, 0.25) is 0 Å². The molecule has 0 heterocycles. The van der Waals surface area contributed by atoms with Gasteiger partial charge in [0.05, 0.1) is 15.9 Å². The van der Waals surface area contributed by atoms with E-state index >= 15 is 0 Å². The summed E-state index contributed by atoms with van der Waals surface area (Å²) in [4.78, 5) is 34.1. The van der Waals surface area contributed by atoms with Crippen LogP contribution >= 0.6 is 15.9 Å². The third-order valence-electron chi connectivity index (χ3n) is 2.94. The van der Waals surface area contributed by atoms with Crippen LogP contribution in [-0.4, -0.2) is 21.9 Å². The van der Waals surface area contributed by atoms with Crippen LogP contribution in [0.25, 0.3) is 0 Å². The fourth-order valence-electron chi connectivity index (χ4n) is 1.91. The van der Waals surface area contributed by atoms with Crippen LogP contribution in [0.1, 0.15) is 15.9 Å². The van der Waals surface area contributed by atoms with E-state index in [-0.39, 0.29) is 27.8 Å². The summed E-state index contributed by atoms with van der Waals surface area (Å²) in [7, 11) is 0. The quantitative estimate of drug-likeness (QED) is 0.373. The molecule has 0 aromatic heterocycles. The summed E-state index contributed by atoms with van der Waals surface area (Å²) in [6.07, 6.45) is 0. The van der Waals surface area contributed by atoms with Gasteiger partial charge in [-0.2, -0.15) is 0 Å². The molecule has 0 aliphatic rings. The molecule has 0 radical (unpaired) electrons. The van der Waals surface area contributed by atoms with Gasteiger partial charge >= 0.3 is 0 Å². The highest BCUT2D eigenvalue weighted by Crippen LogP contribution is 2.23. The van der Waals surface area contributed by atoms with E-state index < -0.39 is 22.4 Å². The van der Waals surface area contributed by atoms with Crippen LogP contribution in [0.3, 0.4) is 0 Å². The molecule has 0 spiro atoms. The number of nitro groups is 1. The number of nitro benzene ring substituents is 1. The molecule has 0 unspecified atom stereocenters. The summed E-state index contributed by atoms with van der Waals surface area (Å²) in [5, 5.41) is 13.3. The van der Waals surface area contributed by atoms with Crippen LogP contribution in [0.4, 0.5) is 15.8 Å². The Morgan fingerprint density at radius 2 is 1.96 bits per heavy atom. The molecule has 0 saturated carbocycles. The lowest BCUT2D eigenvalue weighted by Gasteiger charge is -2.10. The molecule has 23 heavy (non-hydrogen) atoms. The Kier molecular flexibility index (Phi) is 5.17. The molecule has 6 nitrogen and oxygen atoms in total. The zero-order valence-corrected chi connectivity index (χ0v) is 13.2. The number of amides is 1. The van der Waals surface area contributed by atoms with Crippen molar-refractivity contribution < 1.29 is 18.9 Å². The molecule has 118 valence electrons. The maximum absolute atomic E-state index is 13.5. The number of nitrogens with one attached hydrogen (secondary N) is 1. The predicted molar refractivity (Wildman–Crippen MR) is 85.4 cm³/mol. The Labute approximate surface area is 138 Å². The van der Waals surface area contributed by atoms with Gasteiger partial charge in [-0.05, 0) is 18.2 Å². The number of non-ortho nitro benzene ring substituents is 1. The Morgan fingerprint density at radius 3 is 2.61 bits per heavy atom. The van der Waals surface area contributed by atoms with Gasteiger partial charge in [0, 0.05) is 23.3 Å². The normalized spacial score (nSPS) is 10.2. The Bertz CT molecular complexity index is 795. The van der Waals surface area contributed by atoms with Gasteiger partial charge in [-0.25, -0.2) is 4.39 Å². The minimum absolute atomic E-state index is 0.00875. The Balaban J connectivity index is 2.46. The summed E-state index contributed by atoms with van der Waals surface area (Å²) < 4.78 is 13.5. The van der Waals surface area contributed by atoms with E-state index in [1.165, 1.54) is 24.3 Å². The smallest absolute Gasteiger partial charge is 0.270 e. The number of carbonyl (C=O) groups excluding carboxylic acids is 2. The second kappa shape index (κ2) is 7.10. The molecule has 2 aromatic rings. The molecule has 0 saturated heterocycles. The van der Waals surface area contributed by atoms with Crippen LogP contribution in [-0.2, 0) is 4.79 Å². The van der Waals surface area contributed by atoms with E-state index in [1.807, 2.05) is 0 Å². The predicted octanol–water partition coefficient (Wildman–Crippen LogP) is 3.30. The third-order valence-corrected chi connectivity index (χ3v) is 3.45. The van der Waals surface area contributed by atoms with Gasteiger partial charge in [-0.1, -0.05) is 28.1 Å². The number of ketones is 1. The van der Waals surface area contributed by atoms with Crippen LogP contribution < -0.4 is 5.32 Å². The van der Waals surface area contributed by atoms with E-state index in [1.54, 1.807) is 0 Å². The minimum atomic E-state index is -0.657. The van der Waals surface area contributed by atoms with Crippen LogP contribution in [0.15, 0.2) is 42.5 Å². The van der Waals surface area contributed by atoms with Crippen molar-refractivity contribution in [2.24, 2.45) is 0 Å². The van der Waals surface area contributed by atoms with Crippen molar-refractivity contribution in [3.8, 4) is 0 Å². The average Bonchev–Trinajstić information content (AvgIpc) is 2.55. The van der Waals surface area contributed by atoms with Gasteiger partial charge in [0.15, 0.2) is 5.78 Å². The van der Waals surface area contributed by atoms with Crippen molar-refractivity contribution in [1.82, 2.24) is 0 Å². The van der Waals surface area contributed by atoms with Gasteiger partial charge < -0.3 is 5.32 Å². The number of benzene rings is 2. The number of nitrogens with zero attached hydrogens (tertiary/aromatic N) is 1. The van der Waals surface area contributed by atoms with E-state index in [4.69, 9.17) is 0 Å². The first-order chi connectivity index (χ1) is 10.9. The fraction of sp³-hybridized carbons (Fsp3) is 0.0667. The molecule has 0 bridgehead atoms. The Morgan fingerprint density at radius 1 is 1.22 bits per heavy atom. The fourth-order valence-corrected chi connectivity index (χ4v) is 2.05. The number of hydrogen-bond acceptors (Lipinski definition) is 4. The van der Waals surface area contributed by atoms with Crippen LogP contribution in [0, 0.1) is 15.9 Å². The first kappa shape index (κ1) is 16.8. The lowest BCUT2D eigenvalue weighted by Crippen LogP contribution is -2.16. The van der Waals surface area contributed by atoms with Crippen molar-refractivity contribution in [2.45, 2.75) is 0 Å². The van der Waals surface area contributed by atoms with Crippen molar-refractivity contribution in [1.29, 1.82) is 0 Å². The monoisotopic (exact) mass is 380 g/mol. The molecular formula is C15H10BrFN2O4. The van der Waals surface area contributed by atoms with Crippen LogP contribution in [0.5, 0.6) is 0 Å². The molecule has 0 aliphatic heterocycles. The second-order valence-corrected chi connectivity index (χ2v) is 5.07. The summed E-state index contributed by atoms with van der Waals surface area (Å²) in [5.41, 5.74) is -0.176. The lowest BCUT2D eigenvalue weighted by atomic mass is 10.0. The van der Waals surface area contributed by atoms with E-state index in [9.17, 15) is 24.1 Å². The van der Waals surface area contributed by atoms with Gasteiger partial charge in [0.2, 0.25) is 5.91 Å². The SMILES string of the molecule is O=C(CBr)Nc1ccc(F)cc1C(=O)c1cccc([N+](=O)[O-])c1. The molecule has 2 aromatic carbocycles. The Hall–Kier alpha value is -2.61. The maximum Gasteiger partial charge on any atom is 0.270 e. The highest BCUT2D eigenvalue weighted by molar-refractivity contribution is 9.09. The lowest BCUT2D eigenvalue weighted by molar-refractivity contribution is -0.384. The summed E-state index contributed by atoms with van der Waals surface area (Å²) in [6.45, 7) is 0. The largest absolute Gasteiger partial charge is 0.325 e. The molecule has 1 N–H and O–H groups in total. The molecule has 0 fully saturated rings. The number of rotatable bonds is 5. The first-order valence-electron chi connectivity index (χ1n) is 6.37. The number of alkyl halides is 1. The highest BCUT2D eigenvalue weighted by Gasteiger charge is 2.18. The van der Waals surface area contributed by atoms with Gasteiger partial charge in [-0.15, -0.1) is 0 Å². The minimum Gasteiger partial charge on any atom is -0.325 e. The molecule has 0 atom stereocenters. The zero-order valence-electron chi connectivity index (χ0n) is 11.6. The number of anilines is 1. The molecule has 2 rings (SSSR count). The second-order valence-electron chi connectivity index (χ2n) is 4.51. The van der Waals surface area contributed by atoms with Gasteiger partial charge in [-0.3, -0.25) is 19.7 Å². The van der Waals surface area contributed by atoms with Crippen molar-refractivity contribution in [3.63, 3.8) is 0 Å². The standard InChI is InChI=1S/C15H10BrFN2O4/c16-8-14(20)18-13-5-4-10(17)7-12(13)15(21)9-2-1-3-11(6-9)19(22)23/h1-7H,8H2,(H,18,20). The highest BCUT2D eigenvalue weighted by atomic mass is 79.9. The number of hydrogen-bond donors (Lipinski definition) is 1.